The number of nitrogens with zero attached hydrogens (tertiary/aromatic N) is 3. The van der Waals surface area contributed by atoms with Gasteiger partial charge in [-0.3, -0.25) is 9.59 Å². The van der Waals surface area contributed by atoms with Crippen LogP contribution in [-0.4, -0.2) is 76.9 Å². The minimum atomic E-state index is -0.955. The number of piperidine rings is 2. The highest BCUT2D eigenvalue weighted by atomic mass is 16.6. The quantitative estimate of drug-likeness (QED) is 0.585. The zero-order valence-corrected chi connectivity index (χ0v) is 20.5. The van der Waals surface area contributed by atoms with Crippen molar-refractivity contribution in [2.45, 2.75) is 65.6 Å². The van der Waals surface area contributed by atoms with Gasteiger partial charge in [-0.15, -0.1) is 0 Å². The first kappa shape index (κ1) is 25.6. The number of pyridine rings is 1. The van der Waals surface area contributed by atoms with Crippen LogP contribution in [0.5, 0.6) is 0 Å². The molecule has 0 aromatic carbocycles. The minimum absolute atomic E-state index is 0.106. The maximum Gasteiger partial charge on any atom is 0.357 e. The largest absolute Gasteiger partial charge is 0.448 e. The number of amides is 2. The maximum atomic E-state index is 12.6. The number of aromatic nitrogens is 1. The van der Waals surface area contributed by atoms with Gasteiger partial charge in [-0.1, -0.05) is 19.9 Å². The highest BCUT2D eigenvalue weighted by Gasteiger charge is 2.29. The van der Waals surface area contributed by atoms with Crippen molar-refractivity contribution in [1.82, 2.24) is 14.8 Å². The molecule has 0 aliphatic carbocycles. The van der Waals surface area contributed by atoms with Crippen molar-refractivity contribution < 1.29 is 28.7 Å². The van der Waals surface area contributed by atoms with Crippen molar-refractivity contribution in [3.05, 3.63) is 29.6 Å². The number of hydrogen-bond acceptors (Lipinski definition) is 7. The molecule has 2 amide bonds. The van der Waals surface area contributed by atoms with E-state index in [1.54, 1.807) is 9.80 Å². The van der Waals surface area contributed by atoms with Gasteiger partial charge in [-0.25, -0.2) is 14.6 Å². The summed E-state index contributed by atoms with van der Waals surface area (Å²) < 4.78 is 10.6. The zero-order chi connectivity index (χ0) is 24.8. The Bertz CT molecular complexity index is 834. The molecule has 9 nitrogen and oxygen atoms in total. The van der Waals surface area contributed by atoms with Crippen molar-refractivity contribution in [3.63, 3.8) is 0 Å². The van der Waals surface area contributed by atoms with Crippen molar-refractivity contribution >= 4 is 23.8 Å². The van der Waals surface area contributed by atoms with Crippen LogP contribution < -0.4 is 0 Å². The van der Waals surface area contributed by atoms with Crippen LogP contribution in [0.1, 0.15) is 74.4 Å². The average molecular weight is 474 g/mol. The van der Waals surface area contributed by atoms with Gasteiger partial charge in [0.05, 0.1) is 0 Å². The molecule has 9 heteroatoms. The predicted octanol–water partition coefficient (Wildman–Crippen LogP) is 2.69. The molecule has 2 atom stereocenters. The summed E-state index contributed by atoms with van der Waals surface area (Å²) in [5.41, 5.74) is -0.212. The fourth-order valence-electron chi connectivity index (χ4n) is 4.18. The summed E-state index contributed by atoms with van der Waals surface area (Å²) >= 11 is 0. The Morgan fingerprint density at radius 3 is 1.47 bits per heavy atom. The van der Waals surface area contributed by atoms with Crippen molar-refractivity contribution in [3.8, 4) is 0 Å². The molecule has 2 fully saturated rings. The number of carbonyl (C=O) groups excluding carboxylic acids is 4. The summed E-state index contributed by atoms with van der Waals surface area (Å²) in [5, 5.41) is 0. The molecule has 1 aromatic heterocycles. The lowest BCUT2D eigenvalue weighted by atomic mass is 9.99. The van der Waals surface area contributed by atoms with Gasteiger partial charge in [0.25, 0.3) is 11.8 Å². The monoisotopic (exact) mass is 473 g/mol. The lowest BCUT2D eigenvalue weighted by molar-refractivity contribution is -0.141. The summed E-state index contributed by atoms with van der Waals surface area (Å²) in [6.45, 7) is 9.96. The number of ether oxygens (including phenoxy) is 2. The Hall–Kier alpha value is -2.97. The van der Waals surface area contributed by atoms with E-state index in [0.29, 0.717) is 38.0 Å². The van der Waals surface area contributed by atoms with Gasteiger partial charge in [-0.2, -0.15) is 0 Å². The molecule has 34 heavy (non-hydrogen) atoms. The van der Waals surface area contributed by atoms with Crippen LogP contribution in [0.2, 0.25) is 0 Å². The van der Waals surface area contributed by atoms with Crippen LogP contribution in [0.15, 0.2) is 18.2 Å². The molecule has 0 N–H and O–H groups in total. The highest BCUT2D eigenvalue weighted by molar-refractivity contribution is 5.94. The number of rotatable bonds is 6. The van der Waals surface area contributed by atoms with E-state index in [0.717, 1.165) is 25.7 Å². The third-order valence-electron chi connectivity index (χ3n) is 6.62. The molecule has 3 rings (SSSR count). The van der Waals surface area contributed by atoms with Crippen molar-refractivity contribution in [2.24, 2.45) is 11.8 Å². The van der Waals surface area contributed by atoms with Gasteiger partial charge < -0.3 is 19.3 Å². The number of likely N-dealkylation sites (tertiary alicyclic amines) is 2. The second-order valence-electron chi connectivity index (χ2n) is 9.52. The SMILES string of the molecule is CC1CCN(C(=O)[C@H](C)OC(=O)c2cccc(C(=O)O[C@@H](C)C(=O)N3CCC(C)CC3)n2)CC1. The van der Waals surface area contributed by atoms with E-state index in [-0.39, 0.29) is 23.2 Å². The molecule has 0 bridgehead atoms. The second kappa shape index (κ2) is 11.4. The van der Waals surface area contributed by atoms with Gasteiger partial charge in [0.2, 0.25) is 0 Å². The lowest BCUT2D eigenvalue weighted by Crippen LogP contribution is -2.44. The fourth-order valence-corrected chi connectivity index (χ4v) is 4.18. The van der Waals surface area contributed by atoms with E-state index >= 15 is 0 Å². The number of esters is 2. The summed E-state index contributed by atoms with van der Waals surface area (Å²) in [7, 11) is 0. The second-order valence-corrected chi connectivity index (χ2v) is 9.52. The molecule has 0 unspecified atom stereocenters. The molecule has 2 aliphatic heterocycles. The summed E-state index contributed by atoms with van der Waals surface area (Å²) in [4.78, 5) is 57.8. The fraction of sp³-hybridized carbons (Fsp3) is 0.640. The molecule has 0 spiro atoms. The van der Waals surface area contributed by atoms with E-state index < -0.39 is 24.1 Å². The molecule has 0 saturated carbocycles. The molecule has 186 valence electrons. The minimum Gasteiger partial charge on any atom is -0.448 e. The van der Waals surface area contributed by atoms with E-state index in [1.165, 1.54) is 32.0 Å². The maximum absolute atomic E-state index is 12.6. The number of hydrogen-bond donors (Lipinski definition) is 0. The van der Waals surface area contributed by atoms with Crippen molar-refractivity contribution in [2.75, 3.05) is 26.2 Å². The normalized spacial score (nSPS) is 19.3. The predicted molar refractivity (Wildman–Crippen MR) is 124 cm³/mol. The Morgan fingerprint density at radius 2 is 1.12 bits per heavy atom. The third kappa shape index (κ3) is 6.55. The number of carbonyl (C=O) groups is 4. The van der Waals surface area contributed by atoms with Gasteiger partial charge in [0, 0.05) is 26.2 Å². The molecular formula is C25H35N3O6. The lowest BCUT2D eigenvalue weighted by Gasteiger charge is -2.32. The van der Waals surface area contributed by atoms with Gasteiger partial charge >= 0.3 is 11.9 Å². The molecule has 2 aliphatic rings. The van der Waals surface area contributed by atoms with Crippen LogP contribution in [0.3, 0.4) is 0 Å². The molecule has 1 aromatic rings. The van der Waals surface area contributed by atoms with Crippen LogP contribution in [0.4, 0.5) is 0 Å². The molecule has 3 heterocycles. The average Bonchev–Trinajstić information content (AvgIpc) is 2.84. The molecular weight excluding hydrogens is 438 g/mol. The van der Waals surface area contributed by atoms with Crippen LogP contribution in [-0.2, 0) is 19.1 Å². The van der Waals surface area contributed by atoms with Gasteiger partial charge in [-0.05, 0) is 63.5 Å². The van der Waals surface area contributed by atoms with Crippen LogP contribution in [0.25, 0.3) is 0 Å². The van der Waals surface area contributed by atoms with E-state index in [2.05, 4.69) is 18.8 Å². The first-order chi connectivity index (χ1) is 16.2. The smallest absolute Gasteiger partial charge is 0.357 e. The van der Waals surface area contributed by atoms with Crippen LogP contribution >= 0.6 is 0 Å². The Morgan fingerprint density at radius 1 is 0.765 bits per heavy atom. The third-order valence-corrected chi connectivity index (χ3v) is 6.62. The van der Waals surface area contributed by atoms with E-state index in [9.17, 15) is 19.2 Å². The van der Waals surface area contributed by atoms with E-state index in [4.69, 9.17) is 9.47 Å². The van der Waals surface area contributed by atoms with Crippen molar-refractivity contribution in [1.29, 1.82) is 0 Å². The summed E-state index contributed by atoms with van der Waals surface area (Å²) in [6, 6.07) is 4.29. The topological polar surface area (TPSA) is 106 Å². The van der Waals surface area contributed by atoms with E-state index in [1.807, 2.05) is 0 Å². The summed E-state index contributed by atoms with van der Waals surface area (Å²) in [6.07, 6.45) is 1.80. The Kier molecular flexibility index (Phi) is 8.63. The van der Waals surface area contributed by atoms with Gasteiger partial charge in [0.15, 0.2) is 12.2 Å². The Labute approximate surface area is 200 Å². The zero-order valence-electron chi connectivity index (χ0n) is 20.5. The standard InChI is InChI=1S/C25H35N3O6/c1-16-8-12-27(13-9-16)22(29)18(3)33-24(31)20-6-5-7-21(26-20)25(32)34-19(4)23(30)28-14-10-17(2)11-15-28/h5-7,16-19H,8-15H2,1-4H3/t18-,19-/m0/s1. The Balaban J connectivity index is 1.55. The first-order valence-corrected chi connectivity index (χ1v) is 12.1. The summed E-state index contributed by atoms with van der Waals surface area (Å²) in [5.74, 6) is -0.921. The van der Waals surface area contributed by atoms with Gasteiger partial charge in [0.1, 0.15) is 11.4 Å². The molecule has 2 saturated heterocycles. The first-order valence-electron chi connectivity index (χ1n) is 12.1. The van der Waals surface area contributed by atoms with Crippen LogP contribution in [0, 0.1) is 11.8 Å². The molecule has 0 radical (unpaired) electrons. The highest BCUT2D eigenvalue weighted by Crippen LogP contribution is 2.19.